The van der Waals surface area contributed by atoms with Gasteiger partial charge in [-0.15, -0.1) is 0 Å². The van der Waals surface area contributed by atoms with E-state index >= 15 is 0 Å². The van der Waals surface area contributed by atoms with Crippen LogP contribution in [0.3, 0.4) is 0 Å². The van der Waals surface area contributed by atoms with Crippen molar-refractivity contribution < 1.29 is 4.92 Å². The van der Waals surface area contributed by atoms with E-state index in [1.165, 1.54) is 23.5 Å². The highest BCUT2D eigenvalue weighted by molar-refractivity contribution is 7.19. The molecule has 1 heterocycles. The molecule has 94 valence electrons. The summed E-state index contributed by atoms with van der Waals surface area (Å²) < 4.78 is 0. The van der Waals surface area contributed by atoms with Crippen molar-refractivity contribution in [3.63, 3.8) is 0 Å². The van der Waals surface area contributed by atoms with E-state index < -0.39 is 4.92 Å². The van der Waals surface area contributed by atoms with E-state index in [0.717, 1.165) is 21.3 Å². The lowest BCUT2D eigenvalue weighted by Gasteiger charge is -2.00. The molecule has 0 aliphatic rings. The van der Waals surface area contributed by atoms with Crippen molar-refractivity contribution in [2.75, 3.05) is 12.4 Å². The van der Waals surface area contributed by atoms with Crippen LogP contribution in [0.25, 0.3) is 10.4 Å². The molecule has 0 bridgehead atoms. The highest BCUT2D eigenvalue weighted by Crippen LogP contribution is 2.36. The molecular weight excluding hydrogens is 274 g/mol. The molecule has 0 saturated carbocycles. The molecule has 0 fully saturated rings. The van der Waals surface area contributed by atoms with Crippen LogP contribution in [0.2, 0.25) is 5.02 Å². The first kappa shape index (κ1) is 12.8. The Morgan fingerprint density at radius 2 is 2.22 bits per heavy atom. The van der Waals surface area contributed by atoms with E-state index in [2.05, 4.69) is 10.3 Å². The van der Waals surface area contributed by atoms with Gasteiger partial charge in [0.2, 0.25) is 0 Å². The summed E-state index contributed by atoms with van der Waals surface area (Å²) >= 11 is 7.24. The molecule has 1 aromatic heterocycles. The second-order valence-electron chi connectivity index (χ2n) is 3.61. The summed E-state index contributed by atoms with van der Waals surface area (Å²) in [5.74, 6) is 0. The van der Waals surface area contributed by atoms with E-state index in [4.69, 9.17) is 11.6 Å². The van der Waals surface area contributed by atoms with Crippen molar-refractivity contribution in [3.8, 4) is 10.4 Å². The van der Waals surface area contributed by atoms with Crippen LogP contribution >= 0.6 is 22.9 Å². The summed E-state index contributed by atoms with van der Waals surface area (Å²) in [4.78, 5) is 15.6. The second kappa shape index (κ2) is 4.91. The Morgan fingerprint density at radius 3 is 2.78 bits per heavy atom. The van der Waals surface area contributed by atoms with Crippen molar-refractivity contribution in [2.45, 2.75) is 6.92 Å². The number of thiazole rings is 1. The number of nitro groups is 1. The second-order valence-corrected chi connectivity index (χ2v) is 5.01. The number of nitrogens with one attached hydrogen (secondary N) is 1. The van der Waals surface area contributed by atoms with Crippen LogP contribution in [-0.2, 0) is 0 Å². The fourth-order valence-electron chi connectivity index (χ4n) is 1.57. The van der Waals surface area contributed by atoms with Gasteiger partial charge in [-0.25, -0.2) is 4.98 Å². The normalized spacial score (nSPS) is 10.4. The maximum atomic E-state index is 10.8. The number of halogens is 1. The predicted molar refractivity (Wildman–Crippen MR) is 73.5 cm³/mol. The van der Waals surface area contributed by atoms with E-state index in [1.807, 2.05) is 6.92 Å². The smallest absolute Gasteiger partial charge is 0.288 e. The van der Waals surface area contributed by atoms with Crippen LogP contribution in [0.15, 0.2) is 18.2 Å². The van der Waals surface area contributed by atoms with Gasteiger partial charge in [0.25, 0.3) is 5.69 Å². The maximum Gasteiger partial charge on any atom is 0.288 e. The standard InChI is InChI=1S/C11H10ClN3O2S/c1-6-10(18-11(13-2)14-6)7-3-4-8(12)9(5-7)15(16)17/h3-5H,1-2H3,(H,13,14). The Balaban J connectivity index is 2.53. The molecule has 7 heteroatoms. The molecule has 0 aliphatic carbocycles. The average Bonchev–Trinajstić information content (AvgIpc) is 2.71. The van der Waals surface area contributed by atoms with Gasteiger partial charge in [-0.1, -0.05) is 29.0 Å². The van der Waals surface area contributed by atoms with Gasteiger partial charge in [0, 0.05) is 18.7 Å². The van der Waals surface area contributed by atoms with Gasteiger partial charge in [-0.05, 0) is 13.0 Å². The molecule has 1 N–H and O–H groups in total. The summed E-state index contributed by atoms with van der Waals surface area (Å²) in [5.41, 5.74) is 1.50. The molecule has 2 rings (SSSR count). The molecule has 0 spiro atoms. The molecule has 0 atom stereocenters. The molecule has 0 amide bonds. The Hall–Kier alpha value is -1.66. The fourth-order valence-corrected chi connectivity index (χ4v) is 2.67. The van der Waals surface area contributed by atoms with Gasteiger partial charge in [-0.3, -0.25) is 10.1 Å². The van der Waals surface area contributed by atoms with Crippen LogP contribution < -0.4 is 5.32 Å². The number of nitro benzene ring substituents is 1. The Kier molecular flexibility index (Phi) is 3.49. The van der Waals surface area contributed by atoms with Gasteiger partial charge in [-0.2, -0.15) is 0 Å². The zero-order chi connectivity index (χ0) is 13.3. The van der Waals surface area contributed by atoms with Gasteiger partial charge in [0.05, 0.1) is 15.5 Å². The summed E-state index contributed by atoms with van der Waals surface area (Å²) in [5, 5.41) is 14.7. The highest BCUT2D eigenvalue weighted by atomic mass is 35.5. The van der Waals surface area contributed by atoms with Crippen LogP contribution in [0, 0.1) is 17.0 Å². The largest absolute Gasteiger partial charge is 0.365 e. The lowest BCUT2D eigenvalue weighted by Crippen LogP contribution is -1.89. The number of anilines is 1. The van der Waals surface area contributed by atoms with Crippen molar-refractivity contribution >= 4 is 33.8 Å². The first-order valence-corrected chi connectivity index (χ1v) is 6.32. The molecule has 1 aromatic carbocycles. The number of nitrogens with zero attached hydrogens (tertiary/aromatic N) is 2. The van der Waals surface area contributed by atoms with E-state index in [9.17, 15) is 10.1 Å². The number of aryl methyl sites for hydroxylation is 1. The minimum atomic E-state index is -0.485. The van der Waals surface area contributed by atoms with Crippen molar-refractivity contribution in [3.05, 3.63) is 39.0 Å². The molecule has 18 heavy (non-hydrogen) atoms. The van der Waals surface area contributed by atoms with E-state index in [0.29, 0.717) is 0 Å². The molecule has 0 saturated heterocycles. The lowest BCUT2D eigenvalue weighted by atomic mass is 10.1. The van der Waals surface area contributed by atoms with Crippen molar-refractivity contribution in [2.24, 2.45) is 0 Å². The van der Waals surface area contributed by atoms with Gasteiger partial charge in [0.15, 0.2) is 5.13 Å². The SMILES string of the molecule is CNc1nc(C)c(-c2ccc(Cl)c([N+](=O)[O-])c2)s1. The first-order valence-electron chi connectivity index (χ1n) is 5.12. The van der Waals surface area contributed by atoms with Gasteiger partial charge >= 0.3 is 0 Å². The van der Waals surface area contributed by atoms with Gasteiger partial charge < -0.3 is 5.32 Å². The topological polar surface area (TPSA) is 68.1 Å². The van der Waals surface area contributed by atoms with Crippen LogP contribution in [-0.4, -0.2) is 17.0 Å². The zero-order valence-corrected chi connectivity index (χ0v) is 11.3. The molecule has 0 radical (unpaired) electrons. The van der Waals surface area contributed by atoms with E-state index in [-0.39, 0.29) is 10.7 Å². The lowest BCUT2D eigenvalue weighted by molar-refractivity contribution is -0.384. The number of benzene rings is 1. The monoisotopic (exact) mass is 283 g/mol. The molecule has 2 aromatic rings. The first-order chi connectivity index (χ1) is 8.52. The van der Waals surface area contributed by atoms with E-state index in [1.54, 1.807) is 13.1 Å². The maximum absolute atomic E-state index is 10.8. The van der Waals surface area contributed by atoms with Crippen LogP contribution in [0.1, 0.15) is 5.69 Å². The van der Waals surface area contributed by atoms with Crippen LogP contribution in [0.4, 0.5) is 10.8 Å². The van der Waals surface area contributed by atoms with Gasteiger partial charge in [0.1, 0.15) is 5.02 Å². The molecule has 0 unspecified atom stereocenters. The third-order valence-corrected chi connectivity index (χ3v) is 3.96. The number of hydrogen-bond acceptors (Lipinski definition) is 5. The molecular formula is C11H10ClN3O2S. The zero-order valence-electron chi connectivity index (χ0n) is 9.73. The Morgan fingerprint density at radius 1 is 1.50 bits per heavy atom. The summed E-state index contributed by atoms with van der Waals surface area (Å²) in [7, 11) is 1.78. The molecule has 0 aliphatic heterocycles. The summed E-state index contributed by atoms with van der Waals surface area (Å²) in [6.45, 7) is 1.87. The number of rotatable bonds is 3. The summed E-state index contributed by atoms with van der Waals surface area (Å²) in [6, 6.07) is 4.77. The molecule has 5 nitrogen and oxygen atoms in total. The Labute approximate surface area is 113 Å². The minimum Gasteiger partial charge on any atom is -0.365 e. The van der Waals surface area contributed by atoms with Crippen molar-refractivity contribution in [1.29, 1.82) is 0 Å². The summed E-state index contributed by atoms with van der Waals surface area (Å²) in [6.07, 6.45) is 0. The third kappa shape index (κ3) is 2.30. The third-order valence-electron chi connectivity index (χ3n) is 2.42. The fraction of sp³-hybridized carbons (Fsp3) is 0.182. The number of aromatic nitrogens is 1. The average molecular weight is 284 g/mol. The Bertz CT molecular complexity index is 612. The minimum absolute atomic E-state index is 0.0898. The van der Waals surface area contributed by atoms with Crippen LogP contribution in [0.5, 0.6) is 0 Å². The van der Waals surface area contributed by atoms with Crippen molar-refractivity contribution in [1.82, 2.24) is 4.98 Å². The predicted octanol–water partition coefficient (Wildman–Crippen LogP) is 3.72. The number of hydrogen-bond donors (Lipinski definition) is 1. The highest BCUT2D eigenvalue weighted by Gasteiger charge is 2.16. The quantitative estimate of drug-likeness (QED) is 0.688.